The number of pyridine rings is 1. The molecular weight excluding hydrogens is 326 g/mol. The molecule has 7 heteroatoms. The minimum atomic E-state index is -3.47. The molecule has 2 atom stereocenters. The number of anilines is 1. The molecule has 2 heterocycles. The molecule has 6 nitrogen and oxygen atoms in total. The number of aromatic nitrogens is 1. The van der Waals surface area contributed by atoms with Crippen molar-refractivity contribution in [2.24, 2.45) is 0 Å². The summed E-state index contributed by atoms with van der Waals surface area (Å²) in [7, 11) is -2.08. The van der Waals surface area contributed by atoms with Crippen LogP contribution < -0.4 is 9.62 Å². The van der Waals surface area contributed by atoms with Gasteiger partial charge >= 0.3 is 0 Å². The first-order valence-electron chi connectivity index (χ1n) is 7.84. The molecule has 24 heavy (non-hydrogen) atoms. The normalized spacial score (nSPS) is 21.7. The van der Waals surface area contributed by atoms with Crippen molar-refractivity contribution in [1.82, 2.24) is 9.71 Å². The third-order valence-corrected chi connectivity index (χ3v) is 5.45. The van der Waals surface area contributed by atoms with E-state index in [-0.39, 0.29) is 17.1 Å². The predicted octanol–water partition coefficient (Wildman–Crippen LogP) is 1.96. The number of sulfonamides is 1. The van der Waals surface area contributed by atoms with Crippen molar-refractivity contribution in [3.63, 3.8) is 0 Å². The zero-order valence-corrected chi connectivity index (χ0v) is 14.5. The van der Waals surface area contributed by atoms with Gasteiger partial charge in [0.15, 0.2) is 0 Å². The zero-order valence-electron chi connectivity index (χ0n) is 13.7. The highest BCUT2D eigenvalue weighted by Gasteiger charge is 2.27. The highest BCUT2D eigenvalue weighted by atomic mass is 32.2. The van der Waals surface area contributed by atoms with Gasteiger partial charge in [-0.1, -0.05) is 30.3 Å². The van der Waals surface area contributed by atoms with Gasteiger partial charge in [0.05, 0.1) is 6.10 Å². The Morgan fingerprint density at radius 3 is 2.54 bits per heavy atom. The number of nitrogens with one attached hydrogen (secondary N) is 1. The van der Waals surface area contributed by atoms with Gasteiger partial charge in [-0.2, -0.15) is 0 Å². The molecule has 1 saturated heterocycles. The van der Waals surface area contributed by atoms with Crippen LogP contribution >= 0.6 is 0 Å². The van der Waals surface area contributed by atoms with Crippen LogP contribution in [0.5, 0.6) is 0 Å². The Bertz CT molecular complexity index is 778. The summed E-state index contributed by atoms with van der Waals surface area (Å²) in [4.78, 5) is 6.62. The third kappa shape index (κ3) is 3.58. The van der Waals surface area contributed by atoms with E-state index in [1.807, 2.05) is 25.1 Å². The Labute approximate surface area is 142 Å². The van der Waals surface area contributed by atoms with Crippen molar-refractivity contribution in [2.45, 2.75) is 24.0 Å². The van der Waals surface area contributed by atoms with Gasteiger partial charge in [-0.05, 0) is 31.7 Å². The van der Waals surface area contributed by atoms with Crippen molar-refractivity contribution in [2.75, 3.05) is 25.0 Å². The molecule has 1 aliphatic heterocycles. The predicted molar refractivity (Wildman–Crippen MR) is 92.4 cm³/mol. The van der Waals surface area contributed by atoms with E-state index in [4.69, 9.17) is 4.74 Å². The van der Waals surface area contributed by atoms with Gasteiger partial charge < -0.3 is 9.64 Å². The van der Waals surface area contributed by atoms with E-state index >= 15 is 0 Å². The van der Waals surface area contributed by atoms with E-state index in [0.29, 0.717) is 13.1 Å². The molecule has 0 amide bonds. The van der Waals surface area contributed by atoms with Crippen molar-refractivity contribution in [3.05, 3.63) is 54.2 Å². The lowest BCUT2D eigenvalue weighted by atomic mass is 10.1. The summed E-state index contributed by atoms with van der Waals surface area (Å²) < 4.78 is 31.9. The minimum absolute atomic E-state index is 0.0301. The molecule has 1 aromatic heterocycles. The number of nitrogens with zero attached hydrogens (tertiary/aromatic N) is 2. The van der Waals surface area contributed by atoms with Crippen molar-refractivity contribution in [1.29, 1.82) is 0 Å². The summed E-state index contributed by atoms with van der Waals surface area (Å²) in [6, 6.07) is 13.4. The second-order valence-electron chi connectivity index (χ2n) is 5.81. The highest BCUT2D eigenvalue weighted by molar-refractivity contribution is 7.89. The highest BCUT2D eigenvalue weighted by Crippen LogP contribution is 2.28. The van der Waals surface area contributed by atoms with Gasteiger partial charge in [0.2, 0.25) is 10.0 Å². The summed E-state index contributed by atoms with van der Waals surface area (Å²) in [6.07, 6.45) is 1.42. The van der Waals surface area contributed by atoms with Gasteiger partial charge in [-0.15, -0.1) is 0 Å². The topological polar surface area (TPSA) is 71.5 Å². The molecule has 0 spiro atoms. The van der Waals surface area contributed by atoms with Crippen LogP contribution in [-0.2, 0) is 14.8 Å². The number of benzene rings is 1. The van der Waals surface area contributed by atoms with Crippen molar-refractivity contribution < 1.29 is 13.2 Å². The summed E-state index contributed by atoms with van der Waals surface area (Å²) in [5, 5.41) is 0. The standard InChI is InChI=1S/C17H21N3O3S/c1-13-11-20(12-16(23-13)14-6-4-3-5-7-14)17-9-8-15(10-19-17)24(21,22)18-2/h3-10,13,16,18H,11-12H2,1-2H3. The SMILES string of the molecule is CNS(=O)(=O)c1ccc(N2CC(C)OC(c3ccccc3)C2)nc1. The molecule has 0 bridgehead atoms. The zero-order chi connectivity index (χ0) is 17.2. The van der Waals surface area contributed by atoms with Gasteiger partial charge in [-0.25, -0.2) is 18.1 Å². The maximum Gasteiger partial charge on any atom is 0.241 e. The number of rotatable bonds is 4. The van der Waals surface area contributed by atoms with E-state index < -0.39 is 10.0 Å². The second-order valence-corrected chi connectivity index (χ2v) is 7.70. The smallest absolute Gasteiger partial charge is 0.241 e. The van der Waals surface area contributed by atoms with E-state index in [1.54, 1.807) is 12.1 Å². The molecular formula is C17H21N3O3S. The van der Waals surface area contributed by atoms with Gasteiger partial charge in [-0.3, -0.25) is 0 Å². The number of hydrogen-bond donors (Lipinski definition) is 1. The fourth-order valence-electron chi connectivity index (χ4n) is 2.83. The largest absolute Gasteiger partial charge is 0.367 e. The summed E-state index contributed by atoms with van der Waals surface area (Å²) in [6.45, 7) is 3.43. The number of hydrogen-bond acceptors (Lipinski definition) is 5. The lowest BCUT2D eigenvalue weighted by Gasteiger charge is -2.37. The Morgan fingerprint density at radius 1 is 1.17 bits per heavy atom. The first kappa shape index (κ1) is 16.9. The minimum Gasteiger partial charge on any atom is -0.367 e. The van der Waals surface area contributed by atoms with E-state index in [2.05, 4.69) is 26.7 Å². The van der Waals surface area contributed by atoms with Gasteiger partial charge in [0.1, 0.15) is 16.8 Å². The Kier molecular flexibility index (Phi) is 4.84. The molecule has 128 valence electrons. The Hall–Kier alpha value is -1.96. The summed E-state index contributed by atoms with van der Waals surface area (Å²) in [5.74, 6) is 0.751. The fraction of sp³-hybridized carbons (Fsp3) is 0.353. The average Bonchev–Trinajstić information content (AvgIpc) is 2.62. The molecule has 1 aromatic carbocycles. The van der Waals surface area contributed by atoms with E-state index in [1.165, 1.54) is 13.2 Å². The maximum atomic E-state index is 11.8. The van der Waals surface area contributed by atoms with Crippen molar-refractivity contribution in [3.8, 4) is 0 Å². The molecule has 1 aliphatic rings. The number of ether oxygens (including phenoxy) is 1. The molecule has 2 unspecified atom stereocenters. The molecule has 1 fully saturated rings. The van der Waals surface area contributed by atoms with Gasteiger partial charge in [0.25, 0.3) is 0 Å². The molecule has 1 N–H and O–H groups in total. The molecule has 0 aliphatic carbocycles. The molecule has 2 aromatic rings. The van der Waals surface area contributed by atoms with Crippen molar-refractivity contribution >= 4 is 15.8 Å². The van der Waals surface area contributed by atoms with Crippen LogP contribution in [0.25, 0.3) is 0 Å². The summed E-state index contributed by atoms with van der Waals surface area (Å²) >= 11 is 0. The fourth-order valence-corrected chi connectivity index (χ4v) is 3.50. The van der Waals surface area contributed by atoms with Crippen LogP contribution in [0.4, 0.5) is 5.82 Å². The monoisotopic (exact) mass is 347 g/mol. The lowest BCUT2D eigenvalue weighted by Crippen LogP contribution is -2.43. The Balaban J connectivity index is 1.81. The van der Waals surface area contributed by atoms with Gasteiger partial charge in [0, 0.05) is 19.3 Å². The van der Waals surface area contributed by atoms with Crippen LogP contribution in [0.15, 0.2) is 53.6 Å². The van der Waals surface area contributed by atoms with Crippen LogP contribution in [0, 0.1) is 0 Å². The van der Waals surface area contributed by atoms with E-state index in [9.17, 15) is 8.42 Å². The molecule has 0 saturated carbocycles. The quantitative estimate of drug-likeness (QED) is 0.915. The van der Waals surface area contributed by atoms with Crippen LogP contribution in [-0.4, -0.2) is 39.6 Å². The molecule has 0 radical (unpaired) electrons. The lowest BCUT2D eigenvalue weighted by molar-refractivity contribution is -0.0176. The first-order chi connectivity index (χ1) is 11.5. The van der Waals surface area contributed by atoms with E-state index in [0.717, 1.165) is 11.4 Å². The second kappa shape index (κ2) is 6.88. The average molecular weight is 347 g/mol. The number of morpholine rings is 1. The van der Waals surface area contributed by atoms with Crippen LogP contribution in [0.3, 0.4) is 0 Å². The Morgan fingerprint density at radius 2 is 1.92 bits per heavy atom. The van der Waals surface area contributed by atoms with Crippen LogP contribution in [0.1, 0.15) is 18.6 Å². The molecule has 3 rings (SSSR count). The first-order valence-corrected chi connectivity index (χ1v) is 9.33. The third-order valence-electron chi connectivity index (χ3n) is 4.06. The maximum absolute atomic E-state index is 11.8. The van der Waals surface area contributed by atoms with Crippen LogP contribution in [0.2, 0.25) is 0 Å². The summed E-state index contributed by atoms with van der Waals surface area (Å²) in [5.41, 5.74) is 1.13.